The third-order valence-corrected chi connectivity index (χ3v) is 10.2. The van der Waals surface area contributed by atoms with Gasteiger partial charge < -0.3 is 38.6 Å². The number of halogens is 2. The summed E-state index contributed by atoms with van der Waals surface area (Å²) in [6, 6.07) is 15.9. The van der Waals surface area contributed by atoms with Gasteiger partial charge in [0.25, 0.3) is 5.91 Å². The molecule has 3 heterocycles. The minimum absolute atomic E-state index is 0.187. The molecule has 0 radical (unpaired) electrons. The van der Waals surface area contributed by atoms with Crippen LogP contribution in [0.4, 0.5) is 14.7 Å². The van der Waals surface area contributed by atoms with Crippen LogP contribution in [0.15, 0.2) is 54.6 Å². The normalized spacial score (nSPS) is 18.5. The molecule has 2 fully saturated rings. The molecule has 10 nitrogen and oxygen atoms in total. The summed E-state index contributed by atoms with van der Waals surface area (Å²) in [6.07, 6.45) is 3.21. The number of carbonyl (C=O) groups is 1. The van der Waals surface area contributed by atoms with Crippen LogP contribution in [0.1, 0.15) is 48.5 Å². The zero-order valence-electron chi connectivity index (χ0n) is 29.3. The predicted molar refractivity (Wildman–Crippen MR) is 189 cm³/mol. The molecule has 0 bridgehead atoms. The number of carbonyl (C=O) groups excluding carboxylic acids is 1. The number of hydrogen-bond acceptors (Lipinski definition) is 8. The lowest BCUT2D eigenvalue weighted by atomic mass is 9.76. The maximum Gasteiger partial charge on any atom is 0.254 e. The highest BCUT2D eigenvalue weighted by atomic mass is 19.2. The highest BCUT2D eigenvalue weighted by Gasteiger charge is 2.42. The molecule has 1 aromatic heterocycles. The lowest BCUT2D eigenvalue weighted by molar-refractivity contribution is 0.0779. The Hall–Kier alpha value is -4.42. The van der Waals surface area contributed by atoms with E-state index in [1.54, 1.807) is 23.1 Å². The van der Waals surface area contributed by atoms with Crippen molar-refractivity contribution >= 4 is 22.9 Å². The fraction of sp³-hybridized carbons (Fsp3) is 0.474. The van der Waals surface area contributed by atoms with Gasteiger partial charge in [0.2, 0.25) is 11.7 Å². The number of imidazole rings is 1. The second-order valence-electron chi connectivity index (χ2n) is 13.1. The number of nitrogens with zero attached hydrogens (tertiary/aromatic N) is 4. The van der Waals surface area contributed by atoms with Gasteiger partial charge in [-0.15, -0.1) is 0 Å². The Morgan fingerprint density at radius 2 is 1.68 bits per heavy atom. The summed E-state index contributed by atoms with van der Waals surface area (Å²) in [7, 11) is 4.53. The summed E-state index contributed by atoms with van der Waals surface area (Å²) in [4.78, 5) is 23.0. The maximum atomic E-state index is 14.6. The number of para-hydroxylation sites is 2. The van der Waals surface area contributed by atoms with Crippen LogP contribution < -0.4 is 19.5 Å². The summed E-state index contributed by atoms with van der Waals surface area (Å²) in [5.41, 5.74) is 2.62. The number of likely N-dealkylation sites (tertiary alicyclic amines) is 2. The SMILES string of the molecule is CCOCCn1c(NC2CCN(CCC3(c4ccc(F)c(F)c4)CCN(C(=O)c4cc(OC)c(OC)c(OC)c4)C3)CC2)nc2ccccc21. The molecule has 6 rings (SSSR count). The Kier molecular flexibility index (Phi) is 11.1. The number of amides is 1. The number of nitrogens with one attached hydrogen (secondary N) is 1. The van der Waals surface area contributed by atoms with Gasteiger partial charge in [-0.05, 0) is 81.1 Å². The molecule has 1 atom stereocenters. The van der Waals surface area contributed by atoms with Crippen molar-refractivity contribution < 1.29 is 32.5 Å². The van der Waals surface area contributed by atoms with Gasteiger partial charge in [-0.2, -0.15) is 0 Å². The summed E-state index contributed by atoms with van der Waals surface area (Å²) in [5.74, 6) is 0.105. The van der Waals surface area contributed by atoms with Crippen molar-refractivity contribution in [1.82, 2.24) is 19.4 Å². The van der Waals surface area contributed by atoms with Crippen molar-refractivity contribution in [2.45, 2.75) is 50.6 Å². The molecule has 268 valence electrons. The Balaban J connectivity index is 1.14. The molecule has 1 amide bonds. The minimum Gasteiger partial charge on any atom is -0.493 e. The number of rotatable bonds is 14. The van der Waals surface area contributed by atoms with Gasteiger partial charge in [0.1, 0.15) is 0 Å². The largest absolute Gasteiger partial charge is 0.493 e. The standard InChI is InChI=1S/C38H47F2N5O5/c1-5-50-21-20-45-32-9-7-6-8-31(32)42-37(45)41-28-12-16-43(17-13-28)18-14-38(27-10-11-29(39)30(40)24-27)15-19-44(25-38)36(46)26-22-33(47-2)35(49-4)34(23-26)48-3/h6-11,22-24,28H,5,12-21,25H2,1-4H3,(H,41,42). The number of anilines is 1. The lowest BCUT2D eigenvalue weighted by Gasteiger charge is -2.36. The third-order valence-electron chi connectivity index (χ3n) is 10.2. The van der Waals surface area contributed by atoms with Gasteiger partial charge >= 0.3 is 0 Å². The summed E-state index contributed by atoms with van der Waals surface area (Å²) in [6.45, 7) is 7.41. The van der Waals surface area contributed by atoms with Crippen LogP contribution in [-0.4, -0.2) is 98.6 Å². The van der Waals surface area contributed by atoms with Gasteiger partial charge in [0.05, 0.1) is 39.0 Å². The fourth-order valence-electron chi connectivity index (χ4n) is 7.41. The van der Waals surface area contributed by atoms with Crippen LogP contribution >= 0.6 is 0 Å². The molecule has 50 heavy (non-hydrogen) atoms. The topological polar surface area (TPSA) is 90.3 Å². The monoisotopic (exact) mass is 691 g/mol. The molecule has 0 aliphatic carbocycles. The van der Waals surface area contributed by atoms with E-state index in [0.29, 0.717) is 67.5 Å². The molecule has 4 aromatic rings. The predicted octanol–water partition coefficient (Wildman–Crippen LogP) is 6.13. The van der Waals surface area contributed by atoms with Crippen LogP contribution in [0.5, 0.6) is 17.2 Å². The summed E-state index contributed by atoms with van der Waals surface area (Å²) < 4.78 is 53.0. The number of aromatic nitrogens is 2. The Morgan fingerprint density at radius 3 is 2.36 bits per heavy atom. The first kappa shape index (κ1) is 35.4. The Labute approximate surface area is 292 Å². The first-order valence-corrected chi connectivity index (χ1v) is 17.4. The zero-order valence-corrected chi connectivity index (χ0v) is 29.3. The van der Waals surface area contributed by atoms with E-state index in [9.17, 15) is 13.6 Å². The van der Waals surface area contributed by atoms with Crippen molar-refractivity contribution in [2.24, 2.45) is 0 Å². The number of piperidine rings is 1. The van der Waals surface area contributed by atoms with E-state index in [1.165, 1.54) is 33.5 Å². The molecule has 2 aliphatic rings. The number of benzene rings is 3. The lowest BCUT2D eigenvalue weighted by Crippen LogP contribution is -2.42. The first-order valence-electron chi connectivity index (χ1n) is 17.4. The second-order valence-corrected chi connectivity index (χ2v) is 13.1. The molecule has 3 aromatic carbocycles. The van der Waals surface area contributed by atoms with E-state index in [1.807, 2.05) is 25.1 Å². The Morgan fingerprint density at radius 1 is 0.940 bits per heavy atom. The van der Waals surface area contributed by atoms with Crippen LogP contribution in [0, 0.1) is 11.6 Å². The van der Waals surface area contributed by atoms with E-state index < -0.39 is 17.0 Å². The average molecular weight is 692 g/mol. The molecule has 12 heteroatoms. The van der Waals surface area contributed by atoms with Crippen molar-refractivity contribution in [3.8, 4) is 17.2 Å². The summed E-state index contributed by atoms with van der Waals surface area (Å²) in [5, 5.41) is 3.71. The molecular weight excluding hydrogens is 644 g/mol. The van der Waals surface area contributed by atoms with Gasteiger partial charge in [-0.3, -0.25) is 4.79 Å². The Bertz CT molecular complexity index is 1770. The number of methoxy groups -OCH3 is 3. The van der Waals surface area contributed by atoms with E-state index in [0.717, 1.165) is 56.0 Å². The number of ether oxygens (including phenoxy) is 4. The van der Waals surface area contributed by atoms with Crippen molar-refractivity contribution in [3.63, 3.8) is 0 Å². The van der Waals surface area contributed by atoms with Crippen LogP contribution in [0.25, 0.3) is 11.0 Å². The molecule has 1 N–H and O–H groups in total. The van der Waals surface area contributed by atoms with Gasteiger partial charge in [0.15, 0.2) is 23.1 Å². The number of fused-ring (bicyclic) bond motifs is 1. The second kappa shape index (κ2) is 15.6. The van der Waals surface area contributed by atoms with E-state index >= 15 is 0 Å². The van der Waals surface area contributed by atoms with Crippen molar-refractivity contribution in [2.75, 3.05) is 72.6 Å². The summed E-state index contributed by atoms with van der Waals surface area (Å²) >= 11 is 0. The van der Waals surface area contributed by atoms with Gasteiger partial charge in [-0.1, -0.05) is 18.2 Å². The molecule has 1 unspecified atom stereocenters. The molecule has 0 saturated carbocycles. The smallest absolute Gasteiger partial charge is 0.254 e. The van der Waals surface area contributed by atoms with Crippen molar-refractivity contribution in [3.05, 3.63) is 77.4 Å². The van der Waals surface area contributed by atoms with Gasteiger partial charge in [-0.25, -0.2) is 13.8 Å². The van der Waals surface area contributed by atoms with Gasteiger partial charge in [0, 0.05) is 56.4 Å². The molecular formula is C38H47F2N5O5. The van der Waals surface area contributed by atoms with Crippen molar-refractivity contribution in [1.29, 1.82) is 0 Å². The first-order chi connectivity index (χ1) is 24.3. The van der Waals surface area contributed by atoms with E-state index in [2.05, 4.69) is 20.9 Å². The molecule has 2 aliphatic heterocycles. The van der Waals surface area contributed by atoms with Crippen LogP contribution in [0.2, 0.25) is 0 Å². The zero-order chi connectivity index (χ0) is 35.3. The highest BCUT2D eigenvalue weighted by Crippen LogP contribution is 2.42. The molecule has 2 saturated heterocycles. The quantitative estimate of drug-likeness (QED) is 0.158. The van der Waals surface area contributed by atoms with E-state index in [4.69, 9.17) is 23.9 Å². The highest BCUT2D eigenvalue weighted by molar-refractivity contribution is 5.96. The third kappa shape index (κ3) is 7.36. The van der Waals surface area contributed by atoms with E-state index in [-0.39, 0.29) is 11.9 Å². The molecule has 0 spiro atoms. The maximum absolute atomic E-state index is 14.6. The number of hydrogen-bond donors (Lipinski definition) is 1. The minimum atomic E-state index is -0.881. The van der Waals surface area contributed by atoms with Crippen LogP contribution in [-0.2, 0) is 16.7 Å². The van der Waals surface area contributed by atoms with Crippen LogP contribution in [0.3, 0.4) is 0 Å². The average Bonchev–Trinajstić information content (AvgIpc) is 3.74. The fourth-order valence-corrected chi connectivity index (χ4v) is 7.41.